The van der Waals surface area contributed by atoms with Gasteiger partial charge in [0.25, 0.3) is 5.78 Å². The largest absolute Gasteiger partial charge is 0.507 e. The molecule has 7 heteroatoms. The number of pyridine rings is 1. The number of ether oxygens (including phenoxy) is 1. The maximum Gasteiger partial charge on any atom is 0.301 e. The van der Waals surface area contributed by atoms with Crippen LogP contribution in [0.5, 0.6) is 11.5 Å². The van der Waals surface area contributed by atoms with Gasteiger partial charge < -0.3 is 14.9 Å². The number of aromatic nitrogens is 1. The molecule has 2 heterocycles. The highest BCUT2D eigenvalue weighted by molar-refractivity contribution is 6.51. The van der Waals surface area contributed by atoms with Gasteiger partial charge in [-0.05, 0) is 29.8 Å². The average molecular weight is 402 g/mol. The number of rotatable bonds is 4. The molecule has 1 atom stereocenters. The SMILES string of the molecule is COc1cc([C@@H]2C(=C(O)c3ccccc3)C(=O)C(=O)N2c2ccccn2)ccc1O. The third-order valence-electron chi connectivity index (χ3n) is 4.91. The van der Waals surface area contributed by atoms with Crippen LogP contribution in [0.1, 0.15) is 17.2 Å². The first-order chi connectivity index (χ1) is 14.5. The monoisotopic (exact) mass is 402 g/mol. The fraction of sp³-hybridized carbons (Fsp3) is 0.0870. The van der Waals surface area contributed by atoms with Crippen LogP contribution < -0.4 is 9.64 Å². The maximum atomic E-state index is 13.0. The lowest BCUT2D eigenvalue weighted by Gasteiger charge is -2.24. The number of phenols is 1. The van der Waals surface area contributed by atoms with E-state index in [1.54, 1.807) is 54.6 Å². The van der Waals surface area contributed by atoms with Crippen molar-refractivity contribution in [3.63, 3.8) is 0 Å². The number of aliphatic hydroxyl groups excluding tert-OH is 1. The Balaban J connectivity index is 1.97. The molecule has 1 amide bonds. The van der Waals surface area contributed by atoms with Gasteiger partial charge in [0.2, 0.25) is 0 Å². The average Bonchev–Trinajstić information content (AvgIpc) is 3.05. The van der Waals surface area contributed by atoms with Crippen molar-refractivity contribution in [3.8, 4) is 11.5 Å². The Hall–Kier alpha value is -4.13. The number of Topliss-reactive ketones (excluding diaryl/α,β-unsaturated/α-hetero) is 1. The molecule has 30 heavy (non-hydrogen) atoms. The van der Waals surface area contributed by atoms with E-state index in [0.717, 1.165) is 0 Å². The predicted octanol–water partition coefficient (Wildman–Crippen LogP) is 3.42. The van der Waals surface area contributed by atoms with Crippen LogP contribution in [-0.2, 0) is 9.59 Å². The van der Waals surface area contributed by atoms with Crippen molar-refractivity contribution in [2.24, 2.45) is 0 Å². The quantitative estimate of drug-likeness (QED) is 0.394. The van der Waals surface area contributed by atoms with Crippen molar-refractivity contribution in [2.45, 2.75) is 6.04 Å². The Morgan fingerprint density at radius 3 is 2.43 bits per heavy atom. The van der Waals surface area contributed by atoms with Crippen molar-refractivity contribution >= 4 is 23.3 Å². The molecule has 0 saturated carbocycles. The van der Waals surface area contributed by atoms with Crippen molar-refractivity contribution in [1.82, 2.24) is 4.98 Å². The van der Waals surface area contributed by atoms with Gasteiger partial charge in [0.1, 0.15) is 11.6 Å². The van der Waals surface area contributed by atoms with E-state index in [-0.39, 0.29) is 28.6 Å². The van der Waals surface area contributed by atoms with Crippen LogP contribution in [0.2, 0.25) is 0 Å². The van der Waals surface area contributed by atoms with Crippen molar-refractivity contribution in [3.05, 3.63) is 89.6 Å². The number of phenolic OH excluding ortho intramolecular Hbond substituents is 1. The number of benzene rings is 2. The lowest BCUT2D eigenvalue weighted by molar-refractivity contribution is -0.132. The van der Waals surface area contributed by atoms with Gasteiger partial charge in [-0.25, -0.2) is 4.98 Å². The molecule has 2 aromatic carbocycles. The molecular weight excluding hydrogens is 384 g/mol. The highest BCUT2D eigenvalue weighted by atomic mass is 16.5. The van der Waals surface area contributed by atoms with Crippen LogP contribution >= 0.6 is 0 Å². The summed E-state index contributed by atoms with van der Waals surface area (Å²) in [5.74, 6) is -1.55. The molecule has 1 fully saturated rings. The first kappa shape index (κ1) is 19.2. The lowest BCUT2D eigenvalue weighted by Crippen LogP contribution is -2.30. The summed E-state index contributed by atoms with van der Waals surface area (Å²) in [7, 11) is 1.40. The summed E-state index contributed by atoms with van der Waals surface area (Å²) in [5.41, 5.74) is 0.823. The lowest BCUT2D eigenvalue weighted by atomic mass is 9.95. The Labute approximate surface area is 172 Å². The van der Waals surface area contributed by atoms with E-state index in [1.807, 2.05) is 0 Å². The second kappa shape index (κ2) is 7.71. The Morgan fingerprint density at radius 2 is 1.77 bits per heavy atom. The number of anilines is 1. The molecular formula is C23H18N2O5. The van der Waals surface area contributed by atoms with E-state index >= 15 is 0 Å². The number of aromatic hydroxyl groups is 1. The standard InChI is InChI=1S/C23H18N2O5/c1-30-17-13-15(10-11-16(17)26)20-19(21(27)14-7-3-2-4-8-14)22(28)23(29)25(20)18-9-5-6-12-24-18/h2-13,20,26-27H,1H3/t20-/m1/s1. The minimum absolute atomic E-state index is 0.0652. The molecule has 0 aliphatic carbocycles. The number of aliphatic hydroxyl groups is 1. The number of hydrogen-bond acceptors (Lipinski definition) is 6. The van der Waals surface area contributed by atoms with E-state index in [1.165, 1.54) is 30.3 Å². The summed E-state index contributed by atoms with van der Waals surface area (Å²) >= 11 is 0. The van der Waals surface area contributed by atoms with Crippen molar-refractivity contribution in [2.75, 3.05) is 12.0 Å². The number of methoxy groups -OCH3 is 1. The number of carbonyl (C=O) groups excluding carboxylic acids is 2. The fourth-order valence-corrected chi connectivity index (χ4v) is 3.50. The third-order valence-corrected chi connectivity index (χ3v) is 4.91. The Morgan fingerprint density at radius 1 is 1.03 bits per heavy atom. The van der Waals surface area contributed by atoms with Crippen molar-refractivity contribution in [1.29, 1.82) is 0 Å². The molecule has 3 aromatic rings. The van der Waals surface area contributed by atoms with Gasteiger partial charge in [0.05, 0.1) is 18.7 Å². The van der Waals surface area contributed by atoms with Crippen LogP contribution in [0.15, 0.2) is 78.5 Å². The number of carbonyl (C=O) groups is 2. The molecule has 2 N–H and O–H groups in total. The van der Waals surface area contributed by atoms with E-state index < -0.39 is 17.7 Å². The van der Waals surface area contributed by atoms with Gasteiger partial charge in [-0.2, -0.15) is 0 Å². The number of nitrogens with zero attached hydrogens (tertiary/aromatic N) is 2. The summed E-state index contributed by atoms with van der Waals surface area (Å²) in [6.07, 6.45) is 1.51. The number of ketones is 1. The van der Waals surface area contributed by atoms with Gasteiger partial charge in [0.15, 0.2) is 11.5 Å². The molecule has 0 radical (unpaired) electrons. The van der Waals surface area contributed by atoms with Crippen LogP contribution in [-0.4, -0.2) is 34.0 Å². The number of hydrogen-bond donors (Lipinski definition) is 2. The van der Waals surface area contributed by atoms with Crippen LogP contribution in [0.3, 0.4) is 0 Å². The molecule has 0 unspecified atom stereocenters. The normalized spacial score (nSPS) is 17.9. The third kappa shape index (κ3) is 3.16. The molecule has 7 nitrogen and oxygen atoms in total. The van der Waals surface area contributed by atoms with E-state index in [4.69, 9.17) is 4.74 Å². The predicted molar refractivity (Wildman–Crippen MR) is 110 cm³/mol. The first-order valence-corrected chi connectivity index (χ1v) is 9.17. The smallest absolute Gasteiger partial charge is 0.301 e. The molecule has 0 bridgehead atoms. The summed E-state index contributed by atoms with van der Waals surface area (Å²) < 4.78 is 5.19. The zero-order valence-corrected chi connectivity index (χ0v) is 16.0. The fourth-order valence-electron chi connectivity index (χ4n) is 3.50. The summed E-state index contributed by atoms with van der Waals surface area (Å²) in [6.45, 7) is 0. The summed E-state index contributed by atoms with van der Waals surface area (Å²) in [6, 6.07) is 17.1. The first-order valence-electron chi connectivity index (χ1n) is 9.17. The second-order valence-electron chi connectivity index (χ2n) is 6.65. The van der Waals surface area contributed by atoms with Crippen LogP contribution in [0.25, 0.3) is 5.76 Å². The molecule has 1 saturated heterocycles. The molecule has 1 aliphatic rings. The van der Waals surface area contributed by atoms with Gasteiger partial charge in [-0.3, -0.25) is 14.5 Å². The van der Waals surface area contributed by atoms with E-state index in [9.17, 15) is 19.8 Å². The molecule has 1 aliphatic heterocycles. The van der Waals surface area contributed by atoms with Crippen LogP contribution in [0, 0.1) is 0 Å². The van der Waals surface area contributed by atoms with Gasteiger partial charge in [0, 0.05) is 11.8 Å². The van der Waals surface area contributed by atoms with E-state index in [2.05, 4.69) is 4.98 Å². The Kier molecular flexibility index (Phi) is 4.93. The highest BCUT2D eigenvalue weighted by Crippen LogP contribution is 2.43. The summed E-state index contributed by atoms with van der Waals surface area (Å²) in [4.78, 5) is 31.4. The highest BCUT2D eigenvalue weighted by Gasteiger charge is 2.47. The van der Waals surface area contributed by atoms with Gasteiger partial charge in [-0.1, -0.05) is 42.5 Å². The zero-order chi connectivity index (χ0) is 21.3. The van der Waals surface area contributed by atoms with Gasteiger partial charge in [-0.15, -0.1) is 0 Å². The molecule has 150 valence electrons. The molecule has 1 aromatic heterocycles. The second-order valence-corrected chi connectivity index (χ2v) is 6.65. The number of amides is 1. The van der Waals surface area contributed by atoms with Gasteiger partial charge >= 0.3 is 5.91 Å². The Bertz CT molecular complexity index is 1140. The maximum absolute atomic E-state index is 13.0. The van der Waals surface area contributed by atoms with E-state index in [0.29, 0.717) is 11.1 Å². The molecule has 4 rings (SSSR count). The summed E-state index contributed by atoms with van der Waals surface area (Å²) in [5, 5.41) is 20.9. The topological polar surface area (TPSA) is 100.0 Å². The minimum Gasteiger partial charge on any atom is -0.507 e. The molecule has 0 spiro atoms. The minimum atomic E-state index is -0.949. The zero-order valence-electron chi connectivity index (χ0n) is 16.0. The van der Waals surface area contributed by atoms with Crippen LogP contribution in [0.4, 0.5) is 5.82 Å². The van der Waals surface area contributed by atoms with Crippen molar-refractivity contribution < 1.29 is 24.5 Å².